The third-order valence-electron chi connectivity index (χ3n) is 6.23. The van der Waals surface area contributed by atoms with Crippen molar-refractivity contribution in [3.63, 3.8) is 0 Å². The fourth-order valence-electron chi connectivity index (χ4n) is 4.51. The molecule has 10 heteroatoms. The number of hydrogen-bond acceptors (Lipinski definition) is 8. The molecule has 0 saturated carbocycles. The number of rotatable bonds is 5. The van der Waals surface area contributed by atoms with E-state index in [4.69, 9.17) is 19.2 Å². The SMILES string of the molecule is Cc1nc(-c2nnn(C)c2COC2CCCCO2)ccc1C1CC(=O)CN(C(=O)OC(C)(C)C)C1. The monoisotopic (exact) mass is 485 g/mol. The molecule has 0 aromatic carbocycles. The van der Waals surface area contributed by atoms with Gasteiger partial charge in [-0.05, 0) is 58.6 Å². The largest absolute Gasteiger partial charge is 0.444 e. The van der Waals surface area contributed by atoms with E-state index >= 15 is 0 Å². The summed E-state index contributed by atoms with van der Waals surface area (Å²) in [5.41, 5.74) is 3.28. The molecule has 2 unspecified atom stereocenters. The lowest BCUT2D eigenvalue weighted by atomic mass is 9.89. The van der Waals surface area contributed by atoms with Crippen molar-refractivity contribution in [2.45, 2.75) is 77.8 Å². The van der Waals surface area contributed by atoms with Crippen molar-refractivity contribution < 1.29 is 23.8 Å². The summed E-state index contributed by atoms with van der Waals surface area (Å²) in [7, 11) is 1.83. The predicted octanol–water partition coefficient (Wildman–Crippen LogP) is 3.52. The average Bonchev–Trinajstić information content (AvgIpc) is 3.17. The Balaban J connectivity index is 1.50. The molecule has 2 fully saturated rings. The molecule has 0 bridgehead atoms. The molecule has 4 rings (SSSR count). The number of ketones is 1. The standard InChI is InChI=1S/C25H35N5O5/c1-16-19(17-12-18(31)14-30(13-17)24(32)35-25(2,3)4)9-10-20(26-16)23-21(29(5)28-27-23)15-34-22-8-6-7-11-33-22/h9-10,17,22H,6-8,11-15H2,1-5H3. The summed E-state index contributed by atoms with van der Waals surface area (Å²) in [6.45, 7) is 8.89. The third-order valence-corrected chi connectivity index (χ3v) is 6.23. The molecular weight excluding hydrogens is 450 g/mol. The van der Waals surface area contributed by atoms with Crippen molar-refractivity contribution in [3.8, 4) is 11.4 Å². The highest BCUT2D eigenvalue weighted by molar-refractivity contribution is 5.86. The van der Waals surface area contributed by atoms with Gasteiger partial charge in [-0.25, -0.2) is 9.48 Å². The zero-order chi connectivity index (χ0) is 25.2. The van der Waals surface area contributed by atoms with E-state index in [0.29, 0.717) is 31.0 Å². The van der Waals surface area contributed by atoms with Crippen LogP contribution < -0.4 is 0 Å². The van der Waals surface area contributed by atoms with Gasteiger partial charge in [-0.1, -0.05) is 11.3 Å². The van der Waals surface area contributed by atoms with E-state index in [-0.39, 0.29) is 24.5 Å². The maximum absolute atomic E-state index is 12.6. The van der Waals surface area contributed by atoms with Crippen LogP contribution in [0.15, 0.2) is 12.1 Å². The van der Waals surface area contributed by atoms with Crippen LogP contribution in [0.4, 0.5) is 4.79 Å². The van der Waals surface area contributed by atoms with Crippen LogP contribution in [0.3, 0.4) is 0 Å². The first-order chi connectivity index (χ1) is 16.6. The van der Waals surface area contributed by atoms with Gasteiger partial charge >= 0.3 is 6.09 Å². The lowest BCUT2D eigenvalue weighted by Gasteiger charge is -2.34. The van der Waals surface area contributed by atoms with E-state index in [1.807, 2.05) is 46.9 Å². The molecule has 35 heavy (non-hydrogen) atoms. The number of nitrogens with zero attached hydrogens (tertiary/aromatic N) is 5. The summed E-state index contributed by atoms with van der Waals surface area (Å²) < 4.78 is 18.8. The Bertz CT molecular complexity index is 1070. The maximum atomic E-state index is 12.6. The molecule has 190 valence electrons. The van der Waals surface area contributed by atoms with E-state index in [1.165, 1.54) is 4.90 Å². The number of carbonyl (C=O) groups is 2. The molecule has 0 spiro atoms. The average molecular weight is 486 g/mol. The van der Waals surface area contributed by atoms with E-state index in [2.05, 4.69) is 10.3 Å². The number of Topliss-reactive ketones (excluding diaryl/α,β-unsaturated/α-hetero) is 1. The number of ether oxygens (including phenoxy) is 3. The van der Waals surface area contributed by atoms with Crippen LogP contribution >= 0.6 is 0 Å². The van der Waals surface area contributed by atoms with Gasteiger partial charge in [0.1, 0.15) is 11.3 Å². The minimum absolute atomic E-state index is 0.00822. The highest BCUT2D eigenvalue weighted by Crippen LogP contribution is 2.30. The first-order valence-corrected chi connectivity index (χ1v) is 12.2. The molecule has 2 saturated heterocycles. The number of aryl methyl sites for hydroxylation is 2. The summed E-state index contributed by atoms with van der Waals surface area (Å²) in [5.74, 6) is -0.132. The molecule has 0 N–H and O–H groups in total. The zero-order valence-corrected chi connectivity index (χ0v) is 21.2. The second-order valence-corrected chi connectivity index (χ2v) is 10.3. The number of carbonyl (C=O) groups excluding carboxylic acids is 2. The van der Waals surface area contributed by atoms with Crippen LogP contribution in [-0.2, 0) is 32.7 Å². The second kappa shape index (κ2) is 10.4. The number of piperidine rings is 1. The van der Waals surface area contributed by atoms with Crippen LogP contribution in [-0.4, -0.2) is 68.3 Å². The van der Waals surface area contributed by atoms with Gasteiger partial charge < -0.3 is 19.1 Å². The molecule has 0 aliphatic carbocycles. The summed E-state index contributed by atoms with van der Waals surface area (Å²) in [6, 6.07) is 3.86. The van der Waals surface area contributed by atoms with Crippen molar-refractivity contribution in [1.82, 2.24) is 24.9 Å². The van der Waals surface area contributed by atoms with Gasteiger partial charge in [0.2, 0.25) is 0 Å². The molecule has 4 heterocycles. The Kier molecular flexibility index (Phi) is 7.51. The molecule has 2 aliphatic rings. The van der Waals surface area contributed by atoms with E-state index in [1.54, 1.807) is 4.68 Å². The Morgan fingerprint density at radius 3 is 2.74 bits per heavy atom. The van der Waals surface area contributed by atoms with E-state index in [0.717, 1.165) is 42.8 Å². The summed E-state index contributed by atoms with van der Waals surface area (Å²) in [6.07, 6.45) is 2.73. The van der Waals surface area contributed by atoms with Gasteiger partial charge in [-0.15, -0.1) is 5.10 Å². The molecule has 10 nitrogen and oxygen atoms in total. The fraction of sp³-hybridized carbons (Fsp3) is 0.640. The normalized spacial score (nSPS) is 21.3. The molecule has 2 atom stereocenters. The number of hydrogen-bond donors (Lipinski definition) is 0. The van der Waals surface area contributed by atoms with Gasteiger partial charge in [-0.2, -0.15) is 0 Å². The maximum Gasteiger partial charge on any atom is 0.410 e. The Hall–Kier alpha value is -2.85. The third kappa shape index (κ3) is 6.24. The minimum atomic E-state index is -0.618. The molecule has 1 amide bonds. The summed E-state index contributed by atoms with van der Waals surface area (Å²) in [4.78, 5) is 31.3. The van der Waals surface area contributed by atoms with Gasteiger partial charge in [0, 0.05) is 38.2 Å². The quantitative estimate of drug-likeness (QED) is 0.633. The topological polar surface area (TPSA) is 109 Å². The highest BCUT2D eigenvalue weighted by atomic mass is 16.7. The van der Waals surface area contributed by atoms with E-state index < -0.39 is 11.7 Å². The van der Waals surface area contributed by atoms with E-state index in [9.17, 15) is 9.59 Å². The Morgan fingerprint density at radius 1 is 1.26 bits per heavy atom. The Morgan fingerprint density at radius 2 is 2.06 bits per heavy atom. The van der Waals surface area contributed by atoms with Crippen LogP contribution in [0.2, 0.25) is 0 Å². The van der Waals surface area contributed by atoms with Crippen molar-refractivity contribution in [2.24, 2.45) is 7.05 Å². The number of likely N-dealkylation sites (tertiary alicyclic amines) is 1. The smallest absolute Gasteiger partial charge is 0.410 e. The molecule has 2 aliphatic heterocycles. The van der Waals surface area contributed by atoms with Crippen LogP contribution in [0.25, 0.3) is 11.4 Å². The van der Waals surface area contributed by atoms with Crippen LogP contribution in [0.1, 0.15) is 69.3 Å². The van der Waals surface area contributed by atoms with Crippen molar-refractivity contribution in [2.75, 3.05) is 19.7 Å². The number of pyridine rings is 1. The molecule has 2 aromatic heterocycles. The number of amides is 1. The Labute approximate surface area is 205 Å². The number of aromatic nitrogens is 4. The molecular formula is C25H35N5O5. The second-order valence-electron chi connectivity index (χ2n) is 10.3. The first kappa shape index (κ1) is 25.2. The summed E-state index contributed by atoms with van der Waals surface area (Å²) in [5, 5.41) is 8.49. The first-order valence-electron chi connectivity index (χ1n) is 12.2. The summed E-state index contributed by atoms with van der Waals surface area (Å²) >= 11 is 0. The lowest BCUT2D eigenvalue weighted by molar-refractivity contribution is -0.169. The van der Waals surface area contributed by atoms with Crippen LogP contribution in [0.5, 0.6) is 0 Å². The van der Waals surface area contributed by atoms with Gasteiger partial charge in [0.25, 0.3) is 0 Å². The van der Waals surface area contributed by atoms with Gasteiger partial charge in [0.05, 0.1) is 24.5 Å². The van der Waals surface area contributed by atoms with Crippen LogP contribution in [0, 0.1) is 6.92 Å². The predicted molar refractivity (Wildman–Crippen MR) is 128 cm³/mol. The van der Waals surface area contributed by atoms with Gasteiger partial charge in [0.15, 0.2) is 12.1 Å². The minimum Gasteiger partial charge on any atom is -0.444 e. The lowest BCUT2D eigenvalue weighted by Crippen LogP contribution is -2.45. The van der Waals surface area contributed by atoms with Crippen molar-refractivity contribution in [3.05, 3.63) is 29.1 Å². The highest BCUT2D eigenvalue weighted by Gasteiger charge is 2.33. The van der Waals surface area contributed by atoms with Crippen molar-refractivity contribution in [1.29, 1.82) is 0 Å². The van der Waals surface area contributed by atoms with Crippen molar-refractivity contribution >= 4 is 11.9 Å². The zero-order valence-electron chi connectivity index (χ0n) is 21.2. The fourth-order valence-corrected chi connectivity index (χ4v) is 4.51. The molecule has 2 aromatic rings. The van der Waals surface area contributed by atoms with Gasteiger partial charge in [-0.3, -0.25) is 9.78 Å². The molecule has 0 radical (unpaired) electrons.